The monoisotopic (exact) mass is 253 g/mol. The van der Waals surface area contributed by atoms with Crippen molar-refractivity contribution in [1.82, 2.24) is 15.0 Å². The van der Waals surface area contributed by atoms with Crippen LogP contribution >= 0.6 is 0 Å². The molecule has 0 aliphatic heterocycles. The van der Waals surface area contributed by atoms with Crippen LogP contribution in [-0.4, -0.2) is 21.1 Å². The third-order valence-electron chi connectivity index (χ3n) is 3.43. The van der Waals surface area contributed by atoms with Crippen molar-refractivity contribution in [3.05, 3.63) is 30.4 Å². The summed E-state index contributed by atoms with van der Waals surface area (Å²) in [5.74, 6) is -1.32. The molecule has 0 unspecified atom stereocenters. The van der Waals surface area contributed by atoms with Crippen LogP contribution in [-0.2, 0) is 0 Å². The van der Waals surface area contributed by atoms with Crippen molar-refractivity contribution in [1.29, 1.82) is 0 Å². The zero-order valence-electron chi connectivity index (χ0n) is 9.35. The molecule has 2 aromatic heterocycles. The molecule has 0 saturated heterocycles. The van der Waals surface area contributed by atoms with E-state index in [1.54, 1.807) is 18.3 Å². The smallest absolute Gasteiger partial charge is 0.240 e. The van der Waals surface area contributed by atoms with Crippen LogP contribution in [0.1, 0.15) is 24.5 Å². The number of pyridine rings is 1. The molecule has 1 saturated carbocycles. The van der Waals surface area contributed by atoms with E-state index >= 15 is 0 Å². The first kappa shape index (κ1) is 11.4. The maximum absolute atomic E-state index is 12.5. The lowest BCUT2D eigenvalue weighted by Gasteiger charge is -2.36. The number of hydrogen-bond acceptors (Lipinski definition) is 3. The van der Waals surface area contributed by atoms with Crippen LogP contribution in [0.5, 0.6) is 0 Å². The zero-order valence-corrected chi connectivity index (χ0v) is 9.35. The van der Waals surface area contributed by atoms with Crippen LogP contribution in [0, 0.1) is 5.92 Å². The molecule has 1 fully saturated rings. The molecule has 0 aromatic carbocycles. The van der Waals surface area contributed by atoms with E-state index in [0.717, 1.165) is 5.39 Å². The Morgan fingerprint density at radius 2 is 1.89 bits per heavy atom. The second-order valence-corrected chi connectivity index (χ2v) is 4.54. The van der Waals surface area contributed by atoms with Gasteiger partial charge in [0.15, 0.2) is 5.65 Å². The highest BCUT2D eigenvalue weighted by atomic mass is 19.4. The van der Waals surface area contributed by atoms with E-state index in [2.05, 4.69) is 15.0 Å². The summed E-state index contributed by atoms with van der Waals surface area (Å²) < 4.78 is 37.4. The van der Waals surface area contributed by atoms with Gasteiger partial charge in [0, 0.05) is 17.5 Å². The molecule has 3 rings (SSSR count). The molecule has 0 radical (unpaired) electrons. The molecule has 0 bridgehead atoms. The van der Waals surface area contributed by atoms with Gasteiger partial charge in [-0.15, -0.1) is 0 Å². The number of aromatic nitrogens is 3. The van der Waals surface area contributed by atoms with Gasteiger partial charge in [0.25, 0.3) is 0 Å². The number of rotatable bonds is 1. The van der Waals surface area contributed by atoms with Crippen molar-refractivity contribution < 1.29 is 13.2 Å². The van der Waals surface area contributed by atoms with Crippen molar-refractivity contribution in [2.24, 2.45) is 5.92 Å². The molecule has 3 nitrogen and oxygen atoms in total. The number of hydrogen-bond donors (Lipinski definition) is 0. The minimum absolute atomic E-state index is 0.116. The SMILES string of the molecule is FC(F)(F)C1CC(c2ncnc3ncccc23)C1. The van der Waals surface area contributed by atoms with Crippen molar-refractivity contribution in [2.75, 3.05) is 0 Å². The van der Waals surface area contributed by atoms with E-state index in [4.69, 9.17) is 0 Å². The molecule has 0 spiro atoms. The highest BCUT2D eigenvalue weighted by Crippen LogP contribution is 2.49. The number of halogens is 3. The van der Waals surface area contributed by atoms with Crippen LogP contribution < -0.4 is 0 Å². The van der Waals surface area contributed by atoms with Crippen molar-refractivity contribution >= 4 is 11.0 Å². The first-order chi connectivity index (χ1) is 8.55. The first-order valence-corrected chi connectivity index (χ1v) is 5.68. The minimum atomic E-state index is -4.09. The lowest BCUT2D eigenvalue weighted by Crippen LogP contribution is -2.34. The van der Waals surface area contributed by atoms with Crippen LogP contribution in [0.15, 0.2) is 24.7 Å². The van der Waals surface area contributed by atoms with Crippen LogP contribution in [0.4, 0.5) is 13.2 Å². The summed E-state index contributed by atoms with van der Waals surface area (Å²) in [5, 5.41) is 0.755. The molecule has 0 N–H and O–H groups in total. The van der Waals surface area contributed by atoms with Gasteiger partial charge in [0.1, 0.15) is 6.33 Å². The third kappa shape index (κ3) is 1.81. The predicted molar refractivity (Wildman–Crippen MR) is 58.9 cm³/mol. The van der Waals surface area contributed by atoms with Gasteiger partial charge in [-0.1, -0.05) is 0 Å². The fourth-order valence-corrected chi connectivity index (χ4v) is 2.35. The van der Waals surface area contributed by atoms with E-state index in [9.17, 15) is 13.2 Å². The lowest BCUT2D eigenvalue weighted by molar-refractivity contribution is -0.197. The molecule has 0 atom stereocenters. The molecule has 1 aliphatic carbocycles. The van der Waals surface area contributed by atoms with Crippen LogP contribution in [0.2, 0.25) is 0 Å². The normalized spacial score (nSPS) is 23.9. The van der Waals surface area contributed by atoms with E-state index in [1.807, 2.05) is 0 Å². The largest absolute Gasteiger partial charge is 0.391 e. The van der Waals surface area contributed by atoms with Crippen LogP contribution in [0.3, 0.4) is 0 Å². The van der Waals surface area contributed by atoms with E-state index in [0.29, 0.717) is 11.3 Å². The topological polar surface area (TPSA) is 38.7 Å². The Labute approximate surface area is 101 Å². The third-order valence-corrected chi connectivity index (χ3v) is 3.43. The molecule has 2 aromatic rings. The molecule has 0 amide bonds. The van der Waals surface area contributed by atoms with Gasteiger partial charge in [-0.2, -0.15) is 13.2 Å². The Bertz CT molecular complexity index is 571. The predicted octanol–water partition coefficient (Wildman–Crippen LogP) is 3.08. The number of fused-ring (bicyclic) bond motifs is 1. The van der Waals surface area contributed by atoms with Gasteiger partial charge < -0.3 is 0 Å². The van der Waals surface area contributed by atoms with Crippen molar-refractivity contribution in [2.45, 2.75) is 24.9 Å². The summed E-state index contributed by atoms with van der Waals surface area (Å²) in [4.78, 5) is 12.2. The van der Waals surface area contributed by atoms with Gasteiger partial charge >= 0.3 is 6.18 Å². The Balaban J connectivity index is 1.89. The molecule has 18 heavy (non-hydrogen) atoms. The minimum Gasteiger partial charge on any atom is -0.240 e. The summed E-state index contributed by atoms with van der Waals surface area (Å²) in [6.07, 6.45) is -0.878. The first-order valence-electron chi connectivity index (χ1n) is 5.68. The van der Waals surface area contributed by atoms with E-state index < -0.39 is 12.1 Å². The Morgan fingerprint density at radius 1 is 1.11 bits per heavy atom. The fraction of sp³-hybridized carbons (Fsp3) is 0.417. The molecule has 2 heterocycles. The highest BCUT2D eigenvalue weighted by Gasteiger charge is 2.48. The molecular formula is C12H10F3N3. The fourth-order valence-electron chi connectivity index (χ4n) is 2.35. The van der Waals surface area contributed by atoms with E-state index in [-0.39, 0.29) is 18.8 Å². The second-order valence-electron chi connectivity index (χ2n) is 4.54. The van der Waals surface area contributed by atoms with Gasteiger partial charge in [-0.05, 0) is 25.0 Å². The van der Waals surface area contributed by atoms with Gasteiger partial charge in [-0.25, -0.2) is 15.0 Å². The van der Waals surface area contributed by atoms with E-state index in [1.165, 1.54) is 6.33 Å². The molecule has 94 valence electrons. The van der Waals surface area contributed by atoms with Crippen molar-refractivity contribution in [3.63, 3.8) is 0 Å². The summed E-state index contributed by atoms with van der Waals surface area (Å²) in [7, 11) is 0. The molecular weight excluding hydrogens is 243 g/mol. The number of alkyl halides is 3. The van der Waals surface area contributed by atoms with Crippen molar-refractivity contribution in [3.8, 4) is 0 Å². The summed E-state index contributed by atoms with van der Waals surface area (Å²) >= 11 is 0. The Hall–Kier alpha value is -1.72. The molecule has 1 aliphatic rings. The second kappa shape index (κ2) is 3.90. The van der Waals surface area contributed by atoms with Gasteiger partial charge in [0.2, 0.25) is 0 Å². The zero-order chi connectivity index (χ0) is 12.8. The maximum atomic E-state index is 12.5. The lowest BCUT2D eigenvalue weighted by atomic mass is 9.72. The Morgan fingerprint density at radius 3 is 2.61 bits per heavy atom. The highest BCUT2D eigenvalue weighted by molar-refractivity contribution is 5.77. The quantitative estimate of drug-likeness (QED) is 0.783. The summed E-state index contributed by atoms with van der Waals surface area (Å²) in [5.41, 5.74) is 1.23. The average molecular weight is 253 g/mol. The summed E-state index contributed by atoms with van der Waals surface area (Å²) in [6.45, 7) is 0. The van der Waals surface area contributed by atoms with Gasteiger partial charge in [0.05, 0.1) is 11.6 Å². The molecule has 6 heteroatoms. The standard InChI is InChI=1S/C12H10F3N3/c13-12(14,15)8-4-7(5-8)10-9-2-1-3-16-11(9)18-6-17-10/h1-3,6-8H,4-5H2. The van der Waals surface area contributed by atoms with Gasteiger partial charge in [-0.3, -0.25) is 0 Å². The summed E-state index contributed by atoms with van der Waals surface area (Å²) in [6, 6.07) is 3.55. The average Bonchev–Trinajstić information content (AvgIpc) is 2.25. The van der Waals surface area contributed by atoms with Crippen LogP contribution in [0.25, 0.3) is 11.0 Å². The maximum Gasteiger partial charge on any atom is 0.391 e. The number of nitrogens with zero attached hydrogens (tertiary/aromatic N) is 3. The Kier molecular flexibility index (Phi) is 2.46.